The van der Waals surface area contributed by atoms with Crippen molar-refractivity contribution in [2.75, 3.05) is 45.2 Å². The van der Waals surface area contributed by atoms with Gasteiger partial charge in [0.15, 0.2) is 0 Å². The van der Waals surface area contributed by atoms with E-state index < -0.39 is 0 Å². The summed E-state index contributed by atoms with van der Waals surface area (Å²) in [7, 11) is 1.60. The summed E-state index contributed by atoms with van der Waals surface area (Å²) < 4.78 is 5.23. The summed E-state index contributed by atoms with van der Waals surface area (Å²) in [6.07, 6.45) is 0. The molecule has 1 aromatic carbocycles. The first-order valence-electron chi connectivity index (χ1n) is 8.60. The molecule has 1 aromatic heterocycles. The maximum absolute atomic E-state index is 12.5. The second kappa shape index (κ2) is 8.79. The second-order valence-electron chi connectivity index (χ2n) is 6.16. The molecule has 1 saturated heterocycles. The zero-order chi connectivity index (χ0) is 19.2. The molecular formula is C19H21N3O4S. The Balaban J connectivity index is 1.56. The molecule has 3 rings (SSSR count). The fourth-order valence-electron chi connectivity index (χ4n) is 2.70. The molecule has 7 nitrogen and oxygen atoms in total. The summed E-state index contributed by atoms with van der Waals surface area (Å²) in [5.41, 5.74) is 1.07. The Bertz CT molecular complexity index is 799. The third kappa shape index (κ3) is 4.93. The van der Waals surface area contributed by atoms with E-state index in [-0.39, 0.29) is 24.3 Å². The number of nitrogens with zero attached hydrogens (tertiary/aromatic N) is 2. The first-order valence-corrected chi connectivity index (χ1v) is 9.48. The quantitative estimate of drug-likeness (QED) is 0.850. The predicted octanol–water partition coefficient (Wildman–Crippen LogP) is 1.93. The molecule has 3 amide bonds. The van der Waals surface area contributed by atoms with E-state index in [1.54, 1.807) is 42.3 Å². The Morgan fingerprint density at radius 1 is 1.15 bits per heavy atom. The zero-order valence-electron chi connectivity index (χ0n) is 15.0. The van der Waals surface area contributed by atoms with E-state index in [0.29, 0.717) is 42.4 Å². The van der Waals surface area contributed by atoms with Crippen molar-refractivity contribution in [2.24, 2.45) is 0 Å². The molecule has 0 spiro atoms. The Labute approximate surface area is 161 Å². The van der Waals surface area contributed by atoms with E-state index in [9.17, 15) is 14.4 Å². The van der Waals surface area contributed by atoms with Crippen LogP contribution in [-0.4, -0.2) is 67.4 Å². The van der Waals surface area contributed by atoms with Crippen LogP contribution in [0.4, 0.5) is 5.69 Å². The minimum Gasteiger partial charge on any atom is -0.378 e. The summed E-state index contributed by atoms with van der Waals surface area (Å²) in [6, 6.07) is 10.2. The largest absolute Gasteiger partial charge is 0.378 e. The number of hydrogen-bond acceptors (Lipinski definition) is 5. The molecule has 0 saturated carbocycles. The topological polar surface area (TPSA) is 79.0 Å². The number of nitrogens with one attached hydrogen (secondary N) is 1. The molecule has 27 heavy (non-hydrogen) atoms. The number of anilines is 1. The van der Waals surface area contributed by atoms with Crippen molar-refractivity contribution in [3.8, 4) is 0 Å². The predicted molar refractivity (Wildman–Crippen MR) is 103 cm³/mol. The van der Waals surface area contributed by atoms with Gasteiger partial charge in [0, 0.05) is 31.4 Å². The number of morpholine rings is 1. The van der Waals surface area contributed by atoms with E-state index >= 15 is 0 Å². The van der Waals surface area contributed by atoms with Crippen molar-refractivity contribution in [2.45, 2.75) is 0 Å². The van der Waals surface area contributed by atoms with E-state index in [0.717, 1.165) is 0 Å². The van der Waals surface area contributed by atoms with Gasteiger partial charge < -0.3 is 19.9 Å². The zero-order valence-corrected chi connectivity index (χ0v) is 15.8. The van der Waals surface area contributed by atoms with Gasteiger partial charge in [0.05, 0.1) is 24.6 Å². The van der Waals surface area contributed by atoms with Crippen LogP contribution in [0.5, 0.6) is 0 Å². The summed E-state index contributed by atoms with van der Waals surface area (Å²) in [6.45, 7) is 2.19. The maximum Gasteiger partial charge on any atom is 0.265 e. The molecule has 0 aliphatic carbocycles. The Hall–Kier alpha value is -2.71. The van der Waals surface area contributed by atoms with Crippen LogP contribution >= 0.6 is 11.3 Å². The fraction of sp³-hybridized carbons (Fsp3) is 0.316. The van der Waals surface area contributed by atoms with Gasteiger partial charge in [-0.1, -0.05) is 6.07 Å². The molecule has 0 radical (unpaired) electrons. The summed E-state index contributed by atoms with van der Waals surface area (Å²) >= 11 is 1.36. The molecule has 8 heteroatoms. The summed E-state index contributed by atoms with van der Waals surface area (Å²) in [5.74, 6) is -0.515. The first-order chi connectivity index (χ1) is 13.0. The normalized spacial score (nSPS) is 13.9. The molecule has 1 aliphatic rings. The average Bonchev–Trinajstić information content (AvgIpc) is 3.23. The molecule has 1 fully saturated rings. The SMILES string of the molecule is CN(CC(=O)N1CCOCC1)C(=O)c1ccc(NC(=O)c2cccs2)cc1. The van der Waals surface area contributed by atoms with Crippen molar-refractivity contribution >= 4 is 34.7 Å². The van der Waals surface area contributed by atoms with Gasteiger partial charge in [-0.05, 0) is 35.7 Å². The lowest BCUT2D eigenvalue weighted by molar-refractivity contribution is -0.135. The van der Waals surface area contributed by atoms with Crippen LogP contribution in [0, 0.1) is 0 Å². The van der Waals surface area contributed by atoms with E-state index in [2.05, 4.69) is 5.32 Å². The average molecular weight is 387 g/mol. The van der Waals surface area contributed by atoms with Crippen molar-refractivity contribution in [1.29, 1.82) is 0 Å². The molecule has 0 bridgehead atoms. The first kappa shape index (κ1) is 19.1. The lowest BCUT2D eigenvalue weighted by Gasteiger charge is -2.28. The number of likely N-dealkylation sites (N-methyl/N-ethyl adjacent to an activating group) is 1. The Morgan fingerprint density at radius 2 is 1.85 bits per heavy atom. The number of rotatable bonds is 5. The van der Waals surface area contributed by atoms with Gasteiger partial charge in [-0.2, -0.15) is 0 Å². The van der Waals surface area contributed by atoms with Gasteiger partial charge in [0.1, 0.15) is 0 Å². The third-order valence-electron chi connectivity index (χ3n) is 4.22. The lowest BCUT2D eigenvalue weighted by atomic mass is 10.2. The van der Waals surface area contributed by atoms with Crippen LogP contribution in [0.2, 0.25) is 0 Å². The minimum absolute atomic E-state index is 0.0235. The van der Waals surface area contributed by atoms with Gasteiger partial charge in [-0.15, -0.1) is 11.3 Å². The third-order valence-corrected chi connectivity index (χ3v) is 5.09. The molecule has 0 atom stereocenters. The number of amides is 3. The van der Waals surface area contributed by atoms with Gasteiger partial charge in [0.2, 0.25) is 5.91 Å². The van der Waals surface area contributed by atoms with Crippen LogP contribution in [0.25, 0.3) is 0 Å². The molecule has 142 valence electrons. The Kier molecular flexibility index (Phi) is 6.20. The van der Waals surface area contributed by atoms with Crippen LogP contribution in [-0.2, 0) is 9.53 Å². The second-order valence-corrected chi connectivity index (χ2v) is 7.11. The molecule has 2 heterocycles. The van der Waals surface area contributed by atoms with Gasteiger partial charge in [-0.3, -0.25) is 14.4 Å². The highest BCUT2D eigenvalue weighted by atomic mass is 32.1. The van der Waals surface area contributed by atoms with Gasteiger partial charge >= 0.3 is 0 Å². The molecular weight excluding hydrogens is 366 g/mol. The summed E-state index contributed by atoms with van der Waals surface area (Å²) in [5, 5.41) is 4.63. The maximum atomic E-state index is 12.5. The smallest absolute Gasteiger partial charge is 0.265 e. The van der Waals surface area contributed by atoms with E-state index in [1.807, 2.05) is 11.4 Å². The van der Waals surface area contributed by atoms with Crippen molar-refractivity contribution in [3.05, 3.63) is 52.2 Å². The highest BCUT2D eigenvalue weighted by Crippen LogP contribution is 2.15. The molecule has 0 unspecified atom stereocenters. The highest BCUT2D eigenvalue weighted by Gasteiger charge is 2.21. The van der Waals surface area contributed by atoms with Gasteiger partial charge in [-0.25, -0.2) is 0 Å². The number of thiophene rings is 1. The van der Waals surface area contributed by atoms with Crippen molar-refractivity contribution in [3.63, 3.8) is 0 Å². The van der Waals surface area contributed by atoms with Crippen molar-refractivity contribution < 1.29 is 19.1 Å². The van der Waals surface area contributed by atoms with Crippen LogP contribution in [0.3, 0.4) is 0 Å². The number of carbonyl (C=O) groups is 3. The number of hydrogen-bond donors (Lipinski definition) is 1. The monoisotopic (exact) mass is 387 g/mol. The van der Waals surface area contributed by atoms with Crippen LogP contribution < -0.4 is 5.32 Å². The minimum atomic E-state index is -0.243. The van der Waals surface area contributed by atoms with E-state index in [4.69, 9.17) is 4.74 Å². The standard InChI is InChI=1S/C19H21N3O4S/c1-21(13-17(23)22-8-10-26-11-9-22)19(25)14-4-6-15(7-5-14)20-18(24)16-3-2-12-27-16/h2-7,12H,8-11,13H2,1H3,(H,20,24). The number of benzene rings is 1. The molecule has 1 aliphatic heterocycles. The summed E-state index contributed by atoms with van der Waals surface area (Å²) in [4.78, 5) is 40.6. The van der Waals surface area contributed by atoms with E-state index in [1.165, 1.54) is 16.2 Å². The van der Waals surface area contributed by atoms with Crippen LogP contribution in [0.15, 0.2) is 41.8 Å². The van der Waals surface area contributed by atoms with Crippen molar-refractivity contribution in [1.82, 2.24) is 9.80 Å². The molecule has 2 aromatic rings. The number of carbonyl (C=O) groups excluding carboxylic acids is 3. The lowest BCUT2D eigenvalue weighted by Crippen LogP contribution is -2.46. The molecule has 1 N–H and O–H groups in total. The Morgan fingerprint density at radius 3 is 2.48 bits per heavy atom. The highest BCUT2D eigenvalue weighted by molar-refractivity contribution is 7.12. The number of ether oxygens (including phenoxy) is 1. The van der Waals surface area contributed by atoms with Crippen LogP contribution in [0.1, 0.15) is 20.0 Å². The van der Waals surface area contributed by atoms with Gasteiger partial charge in [0.25, 0.3) is 11.8 Å². The fourth-order valence-corrected chi connectivity index (χ4v) is 3.32.